The van der Waals surface area contributed by atoms with Gasteiger partial charge in [-0.05, 0) is 42.5 Å². The lowest BCUT2D eigenvalue weighted by molar-refractivity contribution is -0.0909. The molecule has 4 saturated heterocycles. The van der Waals surface area contributed by atoms with Crippen molar-refractivity contribution in [3.8, 4) is 11.3 Å². The largest absolute Gasteiger partial charge is 0.443 e. The van der Waals surface area contributed by atoms with Crippen molar-refractivity contribution in [3.05, 3.63) is 90.1 Å². The van der Waals surface area contributed by atoms with Crippen LogP contribution in [-0.4, -0.2) is 97.2 Å². The van der Waals surface area contributed by atoms with Gasteiger partial charge in [0.25, 0.3) is 0 Å². The zero-order valence-corrected chi connectivity index (χ0v) is 27.1. The van der Waals surface area contributed by atoms with Gasteiger partial charge in [-0.25, -0.2) is 14.6 Å². The maximum Gasteiger partial charge on any atom is 0.422 e. The second-order valence-corrected chi connectivity index (χ2v) is 12.8. The number of aliphatic hydroxyl groups excluding tert-OH is 1. The monoisotopic (exact) mass is 674 g/mol. The highest BCUT2D eigenvalue weighted by Gasteiger charge is 2.45. The number of alkyl carbamates (subject to hydrolysis) is 1. The number of pyridine rings is 1. The van der Waals surface area contributed by atoms with E-state index in [1.165, 1.54) is 0 Å². The number of aromatic nitrogens is 1. The first kappa shape index (κ1) is 33.4. The minimum Gasteiger partial charge on any atom is -0.443 e. The highest BCUT2D eigenvalue weighted by Crippen LogP contribution is 2.34. The van der Waals surface area contributed by atoms with Gasteiger partial charge in [-0.3, -0.25) is 10.4 Å². The highest BCUT2D eigenvalue weighted by molar-refractivity contribution is 5.68. The molecular formula is C36H42N4O9. The first-order valence-electron chi connectivity index (χ1n) is 16.9. The third-order valence-corrected chi connectivity index (χ3v) is 9.50. The fraction of sp³-hybridized carbons (Fsp3) is 0.472. The first-order chi connectivity index (χ1) is 24.0. The number of hydrogen-bond donors (Lipinski definition) is 3. The van der Waals surface area contributed by atoms with E-state index in [1.807, 2.05) is 72.8 Å². The van der Waals surface area contributed by atoms with E-state index in [1.54, 1.807) is 11.2 Å². The molecule has 2 unspecified atom stereocenters. The third-order valence-electron chi connectivity index (χ3n) is 9.50. The summed E-state index contributed by atoms with van der Waals surface area (Å²) < 4.78 is 34.0. The molecule has 5 heterocycles. The fourth-order valence-electron chi connectivity index (χ4n) is 6.90. The minimum atomic E-state index is -1.12. The van der Waals surface area contributed by atoms with Gasteiger partial charge in [0, 0.05) is 24.8 Å². The Hall–Kier alpha value is -4.11. The molecule has 0 bridgehead atoms. The summed E-state index contributed by atoms with van der Waals surface area (Å²) >= 11 is 0. The zero-order chi connectivity index (χ0) is 33.6. The van der Waals surface area contributed by atoms with Gasteiger partial charge < -0.3 is 38.8 Å². The van der Waals surface area contributed by atoms with E-state index < -0.39 is 36.5 Å². The average Bonchev–Trinajstić information content (AvgIpc) is 3.92. The summed E-state index contributed by atoms with van der Waals surface area (Å²) in [6.45, 7) is 1.85. The van der Waals surface area contributed by atoms with Crippen LogP contribution in [0.5, 0.6) is 0 Å². The fourth-order valence-corrected chi connectivity index (χ4v) is 6.90. The van der Waals surface area contributed by atoms with E-state index in [4.69, 9.17) is 28.4 Å². The zero-order valence-electron chi connectivity index (χ0n) is 27.1. The molecule has 4 fully saturated rings. The number of nitrogens with zero attached hydrogens (tertiary/aromatic N) is 2. The van der Waals surface area contributed by atoms with Crippen LogP contribution in [-0.2, 0) is 41.4 Å². The molecule has 4 aliphatic rings. The Balaban J connectivity index is 1.05. The number of carbonyl (C=O) groups excluding carboxylic acids is 2. The molecule has 0 saturated carbocycles. The smallest absolute Gasteiger partial charge is 0.422 e. The molecule has 2 aromatic carbocycles. The number of benzene rings is 2. The van der Waals surface area contributed by atoms with Gasteiger partial charge in [-0.2, -0.15) is 0 Å². The van der Waals surface area contributed by atoms with Crippen LogP contribution in [0.1, 0.15) is 24.0 Å². The number of carbonyl (C=O) groups is 2. The molecule has 4 aliphatic heterocycles. The van der Waals surface area contributed by atoms with Crippen molar-refractivity contribution in [2.75, 3.05) is 33.0 Å². The number of nitrogens with one attached hydrogen (secondary N) is 2. The molecule has 3 aromatic rings. The number of amides is 2. The molecule has 8 atom stereocenters. The van der Waals surface area contributed by atoms with Crippen LogP contribution in [0.2, 0.25) is 0 Å². The molecule has 0 aliphatic carbocycles. The maximum atomic E-state index is 13.3. The Bertz CT molecular complexity index is 1530. The second kappa shape index (κ2) is 15.6. The molecular weight excluding hydrogens is 632 g/mol. The van der Waals surface area contributed by atoms with Gasteiger partial charge in [0.2, 0.25) is 0 Å². The molecule has 0 spiro atoms. The third kappa shape index (κ3) is 8.38. The van der Waals surface area contributed by atoms with Crippen molar-refractivity contribution < 1.29 is 43.1 Å². The number of aliphatic hydroxyl groups is 1. The summed E-state index contributed by atoms with van der Waals surface area (Å²) in [4.78, 5) is 30.9. The van der Waals surface area contributed by atoms with E-state index in [0.717, 1.165) is 35.2 Å². The topological polar surface area (TPSA) is 150 Å². The Labute approximate surface area is 284 Å². The van der Waals surface area contributed by atoms with Crippen LogP contribution in [0.3, 0.4) is 0 Å². The molecule has 260 valence electrons. The van der Waals surface area contributed by atoms with Gasteiger partial charge >= 0.3 is 12.2 Å². The molecule has 49 heavy (non-hydrogen) atoms. The summed E-state index contributed by atoms with van der Waals surface area (Å²) in [6, 6.07) is 22.4. The predicted molar refractivity (Wildman–Crippen MR) is 174 cm³/mol. The van der Waals surface area contributed by atoms with Crippen molar-refractivity contribution in [3.63, 3.8) is 0 Å². The number of ether oxygens (including phenoxy) is 6. The maximum absolute atomic E-state index is 13.3. The highest BCUT2D eigenvalue weighted by atomic mass is 16.7. The molecule has 1 aromatic heterocycles. The minimum absolute atomic E-state index is 0.0191. The van der Waals surface area contributed by atoms with Crippen molar-refractivity contribution in [1.82, 2.24) is 20.7 Å². The SMILES string of the molecule is O=C(NN(Cc1ccc(-c2ccccn2)cc1)C[C@H](O)[C@H](Cc1ccccc1)NC(=O)O[C@H]1CO[C@H]2OCC[C@H]21)OC1CO[C@H]2OCCC12. The van der Waals surface area contributed by atoms with Crippen LogP contribution in [0, 0.1) is 11.8 Å². The number of rotatable bonds is 12. The summed E-state index contributed by atoms with van der Waals surface area (Å²) in [5, 5.41) is 16.2. The van der Waals surface area contributed by atoms with Crippen molar-refractivity contribution in [1.29, 1.82) is 0 Å². The summed E-state index contributed by atoms with van der Waals surface area (Å²) in [5.74, 6) is -0.0416. The van der Waals surface area contributed by atoms with Crippen LogP contribution in [0.4, 0.5) is 9.59 Å². The summed E-state index contributed by atoms with van der Waals surface area (Å²) in [7, 11) is 0. The number of hydrazine groups is 1. The van der Waals surface area contributed by atoms with Gasteiger partial charge in [-0.1, -0.05) is 60.7 Å². The second-order valence-electron chi connectivity index (χ2n) is 12.8. The Kier molecular flexibility index (Phi) is 10.6. The molecule has 3 N–H and O–H groups in total. The summed E-state index contributed by atoms with van der Waals surface area (Å²) in [5.41, 5.74) is 6.42. The lowest BCUT2D eigenvalue weighted by Gasteiger charge is -2.31. The first-order valence-corrected chi connectivity index (χ1v) is 16.9. The van der Waals surface area contributed by atoms with Crippen LogP contribution < -0.4 is 10.7 Å². The van der Waals surface area contributed by atoms with Gasteiger partial charge in [0.15, 0.2) is 12.6 Å². The van der Waals surface area contributed by atoms with E-state index in [2.05, 4.69) is 15.7 Å². The van der Waals surface area contributed by atoms with Crippen molar-refractivity contribution in [2.45, 2.75) is 62.7 Å². The molecule has 13 nitrogen and oxygen atoms in total. The summed E-state index contributed by atoms with van der Waals surface area (Å²) in [6.07, 6.45) is -0.467. The van der Waals surface area contributed by atoms with Gasteiger partial charge in [0.1, 0.15) is 12.2 Å². The Morgan fingerprint density at radius 2 is 1.47 bits per heavy atom. The normalized spacial score (nSPS) is 26.9. The van der Waals surface area contributed by atoms with E-state index in [0.29, 0.717) is 19.6 Å². The Morgan fingerprint density at radius 1 is 0.816 bits per heavy atom. The quantitative estimate of drug-likeness (QED) is 0.243. The predicted octanol–water partition coefficient (Wildman–Crippen LogP) is 3.41. The number of fused-ring (bicyclic) bond motifs is 2. The lowest BCUT2D eigenvalue weighted by Crippen LogP contribution is -2.54. The van der Waals surface area contributed by atoms with Gasteiger partial charge in [0.05, 0.1) is 56.1 Å². The standard InChI is InChI=1S/C36H42N4O9/c41-30(29(18-23-6-2-1-3-7-23)38-35(42)48-31-21-46-33-26(31)13-16-44-33)20-40(39-36(43)49-32-22-47-34-27(32)14-17-45-34)19-24-9-11-25(12-10-24)28-8-4-5-15-37-28/h1-12,15,26-27,29-34,41H,13-14,16-22H2,(H,38,42)(H,39,43)/t26-,27?,29-,30-,31-,32?,33+,34+/m0/s1. The van der Waals surface area contributed by atoms with Gasteiger partial charge in [-0.15, -0.1) is 0 Å². The van der Waals surface area contributed by atoms with Crippen LogP contribution >= 0.6 is 0 Å². The molecule has 2 amide bonds. The van der Waals surface area contributed by atoms with E-state index in [-0.39, 0.29) is 50.7 Å². The molecule has 13 heteroatoms. The average molecular weight is 675 g/mol. The van der Waals surface area contributed by atoms with Crippen molar-refractivity contribution in [2.24, 2.45) is 11.8 Å². The molecule has 7 rings (SSSR count). The Morgan fingerprint density at radius 3 is 2.12 bits per heavy atom. The molecule has 0 radical (unpaired) electrons. The number of hydrogen-bond acceptors (Lipinski definition) is 11. The van der Waals surface area contributed by atoms with E-state index in [9.17, 15) is 14.7 Å². The van der Waals surface area contributed by atoms with Crippen molar-refractivity contribution >= 4 is 12.2 Å². The van der Waals surface area contributed by atoms with E-state index >= 15 is 0 Å². The van der Waals surface area contributed by atoms with Crippen LogP contribution in [0.15, 0.2) is 79.0 Å². The lowest BCUT2D eigenvalue weighted by atomic mass is 10.0. The van der Waals surface area contributed by atoms with Crippen LogP contribution in [0.25, 0.3) is 11.3 Å².